The average molecular weight is 379 g/mol. The Morgan fingerprint density at radius 1 is 0.963 bits per heavy atom. The fourth-order valence-electron chi connectivity index (χ4n) is 2.06. The van der Waals surface area contributed by atoms with Crippen LogP contribution in [0.15, 0.2) is 24.3 Å². The molecule has 0 spiro atoms. The molecule has 0 aliphatic carbocycles. The van der Waals surface area contributed by atoms with E-state index in [0.717, 1.165) is 12.0 Å². The number of benzene rings is 1. The van der Waals surface area contributed by atoms with Gasteiger partial charge in [-0.25, -0.2) is 4.79 Å². The number of amides is 3. The van der Waals surface area contributed by atoms with Crippen LogP contribution in [0.2, 0.25) is 0 Å². The van der Waals surface area contributed by atoms with Crippen molar-refractivity contribution in [1.29, 1.82) is 0 Å². The minimum Gasteiger partial charge on any atom is -0.483 e. The van der Waals surface area contributed by atoms with Crippen LogP contribution < -0.4 is 20.7 Å². The summed E-state index contributed by atoms with van der Waals surface area (Å²) in [5.74, 6) is 0.0435. The van der Waals surface area contributed by atoms with E-state index in [1.54, 1.807) is 20.8 Å². The Kier molecular flexibility index (Phi) is 9.12. The van der Waals surface area contributed by atoms with Crippen molar-refractivity contribution in [3.8, 4) is 5.75 Å². The third kappa shape index (κ3) is 10.1. The molecule has 0 aliphatic heterocycles. The van der Waals surface area contributed by atoms with E-state index in [-0.39, 0.29) is 38.1 Å². The van der Waals surface area contributed by atoms with Crippen LogP contribution in [0.3, 0.4) is 0 Å². The number of aryl methyl sites for hydroxylation is 1. The molecule has 1 aromatic carbocycles. The lowest BCUT2D eigenvalue weighted by atomic mass is 10.1. The summed E-state index contributed by atoms with van der Waals surface area (Å²) in [6.07, 6.45) is 0.164. The summed E-state index contributed by atoms with van der Waals surface area (Å²) in [5, 5.41) is 7.59. The van der Waals surface area contributed by atoms with Crippen molar-refractivity contribution in [1.82, 2.24) is 16.0 Å². The second-order valence-electron chi connectivity index (χ2n) is 6.81. The first-order valence-electron chi connectivity index (χ1n) is 8.92. The van der Waals surface area contributed by atoms with Crippen LogP contribution in [0.1, 0.15) is 33.3 Å². The highest BCUT2D eigenvalue weighted by Crippen LogP contribution is 2.17. The van der Waals surface area contributed by atoms with Gasteiger partial charge in [-0.2, -0.15) is 0 Å². The predicted octanol–water partition coefficient (Wildman–Crippen LogP) is 1.38. The van der Waals surface area contributed by atoms with Crippen LogP contribution in [0.25, 0.3) is 0 Å². The molecule has 0 atom stereocenters. The third-order valence-corrected chi connectivity index (χ3v) is 3.27. The van der Waals surface area contributed by atoms with Gasteiger partial charge in [-0.15, -0.1) is 0 Å². The van der Waals surface area contributed by atoms with E-state index in [0.29, 0.717) is 5.75 Å². The molecule has 0 heterocycles. The van der Waals surface area contributed by atoms with Crippen LogP contribution in [-0.2, 0) is 20.7 Å². The Labute approximate surface area is 160 Å². The molecular weight excluding hydrogens is 350 g/mol. The van der Waals surface area contributed by atoms with Gasteiger partial charge in [0, 0.05) is 13.1 Å². The SMILES string of the molecule is CCc1ccccc1OCC(=O)NCCNC(=O)CNC(=O)OC(C)(C)C. The zero-order chi connectivity index (χ0) is 20.3. The molecule has 0 saturated carbocycles. The van der Waals surface area contributed by atoms with Crippen LogP contribution in [0.5, 0.6) is 5.75 Å². The lowest BCUT2D eigenvalue weighted by molar-refractivity contribution is -0.123. The van der Waals surface area contributed by atoms with Crippen LogP contribution in [0, 0.1) is 0 Å². The maximum absolute atomic E-state index is 11.8. The monoisotopic (exact) mass is 379 g/mol. The van der Waals surface area contributed by atoms with Crippen molar-refractivity contribution in [2.45, 2.75) is 39.7 Å². The second kappa shape index (κ2) is 11.1. The minimum absolute atomic E-state index is 0.0921. The summed E-state index contributed by atoms with van der Waals surface area (Å²) in [6.45, 7) is 7.44. The van der Waals surface area contributed by atoms with Crippen LogP contribution in [-0.4, -0.2) is 49.7 Å². The Bertz CT molecular complexity index is 640. The molecule has 3 N–H and O–H groups in total. The molecule has 0 aromatic heterocycles. The molecule has 150 valence electrons. The van der Waals surface area contributed by atoms with Gasteiger partial charge >= 0.3 is 6.09 Å². The fraction of sp³-hybridized carbons (Fsp3) is 0.526. The van der Waals surface area contributed by atoms with Gasteiger partial charge < -0.3 is 25.4 Å². The van der Waals surface area contributed by atoms with Crippen molar-refractivity contribution >= 4 is 17.9 Å². The van der Waals surface area contributed by atoms with E-state index in [1.807, 2.05) is 31.2 Å². The number of para-hydroxylation sites is 1. The molecule has 0 saturated heterocycles. The van der Waals surface area contributed by atoms with Crippen molar-refractivity contribution in [2.75, 3.05) is 26.2 Å². The Hall–Kier alpha value is -2.77. The van der Waals surface area contributed by atoms with Crippen molar-refractivity contribution in [3.63, 3.8) is 0 Å². The van der Waals surface area contributed by atoms with Gasteiger partial charge in [0.05, 0.1) is 6.54 Å². The number of carbonyl (C=O) groups is 3. The summed E-state index contributed by atoms with van der Waals surface area (Å²) in [7, 11) is 0. The molecular formula is C19H29N3O5. The summed E-state index contributed by atoms with van der Waals surface area (Å²) in [4.78, 5) is 34.8. The first-order valence-corrected chi connectivity index (χ1v) is 8.92. The van der Waals surface area contributed by atoms with E-state index in [4.69, 9.17) is 9.47 Å². The Morgan fingerprint density at radius 2 is 1.59 bits per heavy atom. The van der Waals surface area contributed by atoms with Crippen LogP contribution >= 0.6 is 0 Å². The molecule has 1 rings (SSSR count). The highest BCUT2D eigenvalue weighted by atomic mass is 16.6. The lowest BCUT2D eigenvalue weighted by Crippen LogP contribution is -2.42. The van der Waals surface area contributed by atoms with Gasteiger partial charge in [-0.05, 0) is 38.8 Å². The smallest absolute Gasteiger partial charge is 0.408 e. The molecule has 1 aromatic rings. The molecule has 0 unspecified atom stereocenters. The van der Waals surface area contributed by atoms with E-state index in [2.05, 4.69) is 16.0 Å². The maximum Gasteiger partial charge on any atom is 0.408 e. The number of rotatable bonds is 9. The van der Waals surface area contributed by atoms with Gasteiger partial charge in [-0.1, -0.05) is 25.1 Å². The van der Waals surface area contributed by atoms with E-state index < -0.39 is 11.7 Å². The van der Waals surface area contributed by atoms with Gasteiger partial charge in [0.15, 0.2) is 6.61 Å². The minimum atomic E-state index is -0.657. The lowest BCUT2D eigenvalue weighted by Gasteiger charge is -2.19. The molecule has 0 aliphatic rings. The van der Waals surface area contributed by atoms with Crippen molar-refractivity contribution in [2.24, 2.45) is 0 Å². The summed E-state index contributed by atoms with van der Waals surface area (Å²) in [5.41, 5.74) is 0.417. The summed E-state index contributed by atoms with van der Waals surface area (Å²) < 4.78 is 10.5. The van der Waals surface area contributed by atoms with E-state index in [9.17, 15) is 14.4 Å². The number of hydrogen-bond donors (Lipinski definition) is 3. The second-order valence-corrected chi connectivity index (χ2v) is 6.81. The van der Waals surface area contributed by atoms with Gasteiger partial charge in [0.2, 0.25) is 5.91 Å². The molecule has 27 heavy (non-hydrogen) atoms. The maximum atomic E-state index is 11.8. The standard InChI is InChI=1S/C19H29N3O5/c1-5-14-8-6-7-9-15(14)26-13-17(24)21-11-10-20-16(23)12-22-18(25)27-19(2,3)4/h6-9H,5,10-13H2,1-4H3,(H,20,23)(H,21,24)(H,22,25). The molecule has 0 radical (unpaired) electrons. The number of ether oxygens (including phenoxy) is 2. The highest BCUT2D eigenvalue weighted by molar-refractivity contribution is 5.82. The molecule has 3 amide bonds. The van der Waals surface area contributed by atoms with Gasteiger partial charge in [-0.3, -0.25) is 9.59 Å². The topological polar surface area (TPSA) is 106 Å². The Morgan fingerprint density at radius 3 is 2.22 bits per heavy atom. The summed E-state index contributed by atoms with van der Waals surface area (Å²) in [6, 6.07) is 7.55. The van der Waals surface area contributed by atoms with Crippen molar-refractivity contribution in [3.05, 3.63) is 29.8 Å². The van der Waals surface area contributed by atoms with Crippen molar-refractivity contribution < 1.29 is 23.9 Å². The van der Waals surface area contributed by atoms with E-state index in [1.165, 1.54) is 0 Å². The highest BCUT2D eigenvalue weighted by Gasteiger charge is 2.16. The van der Waals surface area contributed by atoms with E-state index >= 15 is 0 Å². The zero-order valence-corrected chi connectivity index (χ0v) is 16.4. The largest absolute Gasteiger partial charge is 0.483 e. The third-order valence-electron chi connectivity index (χ3n) is 3.27. The Balaban J connectivity index is 2.15. The van der Waals surface area contributed by atoms with Gasteiger partial charge in [0.1, 0.15) is 11.4 Å². The fourth-order valence-corrected chi connectivity index (χ4v) is 2.06. The molecule has 0 fully saturated rings. The number of hydrogen-bond acceptors (Lipinski definition) is 5. The average Bonchev–Trinajstić information content (AvgIpc) is 2.60. The zero-order valence-electron chi connectivity index (χ0n) is 16.4. The number of carbonyl (C=O) groups excluding carboxylic acids is 3. The molecule has 0 bridgehead atoms. The molecule has 8 nitrogen and oxygen atoms in total. The van der Waals surface area contributed by atoms with Gasteiger partial charge in [0.25, 0.3) is 5.91 Å². The number of alkyl carbamates (subject to hydrolysis) is 1. The first-order chi connectivity index (χ1) is 12.7. The first kappa shape index (κ1) is 22.3. The predicted molar refractivity (Wildman–Crippen MR) is 102 cm³/mol. The molecule has 8 heteroatoms. The normalized spacial score (nSPS) is 10.7. The summed E-state index contributed by atoms with van der Waals surface area (Å²) >= 11 is 0. The van der Waals surface area contributed by atoms with Crippen LogP contribution in [0.4, 0.5) is 4.79 Å². The number of nitrogens with one attached hydrogen (secondary N) is 3. The quantitative estimate of drug-likeness (QED) is 0.562.